The van der Waals surface area contributed by atoms with Crippen LogP contribution in [-0.2, 0) is 0 Å². The van der Waals surface area contributed by atoms with Crippen molar-refractivity contribution in [3.63, 3.8) is 0 Å². The molecule has 0 amide bonds. The van der Waals surface area contributed by atoms with E-state index in [-0.39, 0.29) is 33.6 Å². The second-order valence-corrected chi connectivity index (χ2v) is 5.63. The van der Waals surface area contributed by atoms with Crippen molar-refractivity contribution in [2.24, 2.45) is 0 Å². The summed E-state index contributed by atoms with van der Waals surface area (Å²) in [6, 6.07) is 6.46. The van der Waals surface area contributed by atoms with Gasteiger partial charge in [0.25, 0.3) is 0 Å². The highest BCUT2D eigenvalue weighted by Gasteiger charge is 2.20. The highest BCUT2D eigenvalue weighted by atomic mass is 16.5. The van der Waals surface area contributed by atoms with Crippen LogP contribution in [0.25, 0.3) is 22.1 Å². The van der Waals surface area contributed by atoms with Crippen molar-refractivity contribution in [3.05, 3.63) is 56.4 Å². The minimum Gasteiger partial charge on any atom is -0.493 e. The number of ether oxygens (including phenoxy) is 2. The van der Waals surface area contributed by atoms with E-state index in [0.29, 0.717) is 17.1 Å². The Balaban J connectivity index is 2.36. The number of benzene rings is 1. The van der Waals surface area contributed by atoms with Crippen LogP contribution < -0.4 is 20.7 Å². The first kappa shape index (κ1) is 17.5. The van der Waals surface area contributed by atoms with E-state index in [1.807, 2.05) is 0 Å². The standard InChI is InChI=1S/C19H16O7/c1-9(20)16-10(2)25-18(21)17-12(16)8-14(26-19(17)22)11-5-6-13(23-3)15(7-11)24-4/h5-8H,1-4H3. The maximum absolute atomic E-state index is 12.4. The third-order valence-corrected chi connectivity index (χ3v) is 4.04. The van der Waals surface area contributed by atoms with Gasteiger partial charge in [-0.3, -0.25) is 4.79 Å². The lowest BCUT2D eigenvalue weighted by Gasteiger charge is -2.10. The molecule has 3 rings (SSSR count). The van der Waals surface area contributed by atoms with Crippen molar-refractivity contribution in [2.75, 3.05) is 14.2 Å². The first-order valence-electron chi connectivity index (χ1n) is 7.72. The number of ketones is 1. The largest absolute Gasteiger partial charge is 0.493 e. The first-order chi connectivity index (χ1) is 12.4. The van der Waals surface area contributed by atoms with Gasteiger partial charge < -0.3 is 18.3 Å². The smallest absolute Gasteiger partial charge is 0.351 e. The fourth-order valence-electron chi connectivity index (χ4n) is 2.88. The Labute approximate surface area is 147 Å². The van der Waals surface area contributed by atoms with Crippen molar-refractivity contribution in [1.82, 2.24) is 0 Å². The van der Waals surface area contributed by atoms with Crippen molar-refractivity contribution in [3.8, 4) is 22.8 Å². The maximum Gasteiger partial charge on any atom is 0.351 e. The van der Waals surface area contributed by atoms with Crippen LogP contribution in [0.1, 0.15) is 23.0 Å². The Bertz CT molecular complexity index is 1140. The number of carbonyl (C=O) groups is 1. The molecule has 0 atom stereocenters. The van der Waals surface area contributed by atoms with Crippen molar-refractivity contribution in [2.45, 2.75) is 13.8 Å². The molecule has 0 spiro atoms. The monoisotopic (exact) mass is 356 g/mol. The minimum absolute atomic E-state index is 0.152. The van der Waals surface area contributed by atoms with Gasteiger partial charge in [0, 0.05) is 10.9 Å². The number of methoxy groups -OCH3 is 2. The molecule has 0 aliphatic rings. The molecule has 0 fully saturated rings. The van der Waals surface area contributed by atoms with E-state index in [4.69, 9.17) is 18.3 Å². The van der Waals surface area contributed by atoms with Crippen molar-refractivity contribution < 1.29 is 23.1 Å². The number of fused-ring (bicyclic) bond motifs is 1. The van der Waals surface area contributed by atoms with Gasteiger partial charge in [0.1, 0.15) is 11.5 Å². The van der Waals surface area contributed by atoms with Crippen LogP contribution in [-0.4, -0.2) is 20.0 Å². The molecule has 0 radical (unpaired) electrons. The van der Waals surface area contributed by atoms with Gasteiger partial charge >= 0.3 is 11.3 Å². The van der Waals surface area contributed by atoms with Gasteiger partial charge in [-0.25, -0.2) is 9.59 Å². The first-order valence-corrected chi connectivity index (χ1v) is 7.72. The van der Waals surface area contributed by atoms with Crippen molar-refractivity contribution >= 4 is 16.6 Å². The molecular formula is C19H16O7. The molecule has 2 heterocycles. The highest BCUT2D eigenvalue weighted by molar-refractivity contribution is 6.07. The molecule has 0 saturated heterocycles. The number of hydrogen-bond donors (Lipinski definition) is 0. The zero-order chi connectivity index (χ0) is 19.0. The number of Topliss-reactive ketones (excluding diaryl/α,β-unsaturated/α-hetero) is 1. The van der Waals surface area contributed by atoms with E-state index in [9.17, 15) is 14.4 Å². The van der Waals surface area contributed by atoms with E-state index in [2.05, 4.69) is 0 Å². The van der Waals surface area contributed by atoms with Gasteiger partial charge in [0.15, 0.2) is 22.7 Å². The summed E-state index contributed by atoms with van der Waals surface area (Å²) in [6.45, 7) is 2.84. The summed E-state index contributed by atoms with van der Waals surface area (Å²) in [6.07, 6.45) is 0. The lowest BCUT2D eigenvalue weighted by atomic mass is 10.0. The lowest BCUT2D eigenvalue weighted by Crippen LogP contribution is -2.16. The molecule has 2 aromatic heterocycles. The molecule has 1 aromatic carbocycles. The molecule has 0 saturated carbocycles. The molecule has 0 bridgehead atoms. The average molecular weight is 356 g/mol. The molecule has 0 N–H and O–H groups in total. The van der Waals surface area contributed by atoms with Crippen LogP contribution in [0.15, 0.2) is 42.7 Å². The van der Waals surface area contributed by atoms with Gasteiger partial charge in [-0.05, 0) is 38.1 Å². The Morgan fingerprint density at radius 1 is 0.962 bits per heavy atom. The molecule has 7 heteroatoms. The third-order valence-electron chi connectivity index (χ3n) is 4.04. The maximum atomic E-state index is 12.4. The second kappa shape index (κ2) is 6.51. The van der Waals surface area contributed by atoms with E-state index < -0.39 is 11.3 Å². The van der Waals surface area contributed by atoms with E-state index in [1.165, 1.54) is 34.1 Å². The number of rotatable bonds is 4. The summed E-state index contributed by atoms with van der Waals surface area (Å²) in [4.78, 5) is 36.4. The lowest BCUT2D eigenvalue weighted by molar-refractivity contribution is 0.101. The Hall–Kier alpha value is -3.35. The molecular weight excluding hydrogens is 340 g/mol. The van der Waals surface area contributed by atoms with E-state index >= 15 is 0 Å². The van der Waals surface area contributed by atoms with Crippen LogP contribution in [0.4, 0.5) is 0 Å². The molecule has 7 nitrogen and oxygen atoms in total. The van der Waals surface area contributed by atoms with E-state index in [0.717, 1.165) is 0 Å². The summed E-state index contributed by atoms with van der Waals surface area (Å²) in [5.41, 5.74) is -1.00. The fourth-order valence-corrected chi connectivity index (χ4v) is 2.88. The van der Waals surface area contributed by atoms with Crippen LogP contribution in [0.3, 0.4) is 0 Å². The predicted molar refractivity (Wildman–Crippen MR) is 94.3 cm³/mol. The Morgan fingerprint density at radius 3 is 2.23 bits per heavy atom. The summed E-state index contributed by atoms with van der Waals surface area (Å²) in [5.74, 6) is 0.985. The summed E-state index contributed by atoms with van der Waals surface area (Å²) in [7, 11) is 3.00. The second-order valence-electron chi connectivity index (χ2n) is 5.63. The van der Waals surface area contributed by atoms with Gasteiger partial charge in [0.2, 0.25) is 0 Å². The van der Waals surface area contributed by atoms with Gasteiger partial charge in [0.05, 0.1) is 19.8 Å². The normalized spacial score (nSPS) is 10.8. The molecule has 0 unspecified atom stereocenters. The quantitative estimate of drug-likeness (QED) is 0.663. The zero-order valence-electron chi connectivity index (χ0n) is 14.7. The van der Waals surface area contributed by atoms with Gasteiger partial charge in [-0.1, -0.05) is 0 Å². The Kier molecular flexibility index (Phi) is 4.38. The van der Waals surface area contributed by atoms with Crippen molar-refractivity contribution in [1.29, 1.82) is 0 Å². The van der Waals surface area contributed by atoms with E-state index in [1.54, 1.807) is 18.2 Å². The molecule has 26 heavy (non-hydrogen) atoms. The third kappa shape index (κ3) is 2.77. The number of aryl methyl sites for hydroxylation is 1. The summed E-state index contributed by atoms with van der Waals surface area (Å²) in [5, 5.41) is -0.0858. The predicted octanol–water partition coefficient (Wildman–Crippen LogP) is 2.94. The highest BCUT2D eigenvalue weighted by Crippen LogP contribution is 2.33. The zero-order valence-corrected chi connectivity index (χ0v) is 14.7. The minimum atomic E-state index is -0.872. The van der Waals surface area contributed by atoms with Crippen LogP contribution >= 0.6 is 0 Å². The molecule has 3 aromatic rings. The Morgan fingerprint density at radius 2 is 1.62 bits per heavy atom. The number of hydrogen-bond acceptors (Lipinski definition) is 7. The molecule has 134 valence electrons. The van der Waals surface area contributed by atoms with Crippen LogP contribution in [0.5, 0.6) is 11.5 Å². The van der Waals surface area contributed by atoms with Gasteiger partial charge in [-0.15, -0.1) is 0 Å². The molecule has 0 aliphatic heterocycles. The molecule has 0 aliphatic carbocycles. The number of carbonyl (C=O) groups excluding carboxylic acids is 1. The van der Waals surface area contributed by atoms with Gasteiger partial charge in [-0.2, -0.15) is 0 Å². The average Bonchev–Trinajstić information content (AvgIpc) is 2.59. The summed E-state index contributed by atoms with van der Waals surface area (Å²) < 4.78 is 20.7. The SMILES string of the molecule is COc1ccc(-c2cc3c(C(C)=O)c(C)oc(=O)c3c(=O)o2)cc1OC. The fraction of sp³-hybridized carbons (Fsp3) is 0.211. The summed E-state index contributed by atoms with van der Waals surface area (Å²) >= 11 is 0. The van der Waals surface area contributed by atoms with Crippen LogP contribution in [0, 0.1) is 6.92 Å². The van der Waals surface area contributed by atoms with Crippen LogP contribution in [0.2, 0.25) is 0 Å². The topological polar surface area (TPSA) is 96.0 Å².